The second kappa shape index (κ2) is 4.93. The van der Waals surface area contributed by atoms with Gasteiger partial charge in [-0.25, -0.2) is 0 Å². The van der Waals surface area contributed by atoms with E-state index in [9.17, 15) is 0 Å². The first-order chi connectivity index (χ1) is 8.39. The number of hydrogen-bond acceptors (Lipinski definition) is 2. The van der Waals surface area contributed by atoms with Crippen LogP contribution in [0, 0.1) is 20.8 Å². The SMILES string of the molecule is Cc1ccc(NC2CCNC(C)(C)C2)c(C)c1C. The zero-order chi connectivity index (χ0) is 13.3. The molecule has 1 unspecified atom stereocenters. The van der Waals surface area contributed by atoms with Crippen molar-refractivity contribution in [1.82, 2.24) is 5.32 Å². The molecular formula is C16H26N2. The molecule has 1 saturated heterocycles. The summed E-state index contributed by atoms with van der Waals surface area (Å²) in [4.78, 5) is 0. The molecule has 1 aliphatic rings. The molecule has 1 atom stereocenters. The predicted octanol–water partition coefficient (Wildman–Crippen LogP) is 3.55. The highest BCUT2D eigenvalue weighted by atomic mass is 15.0. The fourth-order valence-electron chi connectivity index (χ4n) is 2.83. The maximum atomic E-state index is 3.73. The quantitative estimate of drug-likeness (QED) is 0.834. The van der Waals surface area contributed by atoms with Gasteiger partial charge in [0.25, 0.3) is 0 Å². The lowest BCUT2D eigenvalue weighted by molar-refractivity contribution is 0.286. The van der Waals surface area contributed by atoms with Crippen LogP contribution in [-0.2, 0) is 0 Å². The summed E-state index contributed by atoms with van der Waals surface area (Å²) in [6.45, 7) is 12.3. The van der Waals surface area contributed by atoms with Crippen LogP contribution in [0.15, 0.2) is 12.1 Å². The molecule has 0 saturated carbocycles. The number of aryl methyl sites for hydroxylation is 1. The topological polar surface area (TPSA) is 24.1 Å². The fourth-order valence-corrected chi connectivity index (χ4v) is 2.83. The Bertz CT molecular complexity index is 435. The second-order valence-corrected chi connectivity index (χ2v) is 6.32. The van der Waals surface area contributed by atoms with Gasteiger partial charge < -0.3 is 10.6 Å². The van der Waals surface area contributed by atoms with Crippen molar-refractivity contribution < 1.29 is 0 Å². The average molecular weight is 246 g/mol. The van der Waals surface area contributed by atoms with Crippen LogP contribution >= 0.6 is 0 Å². The highest BCUT2D eigenvalue weighted by Gasteiger charge is 2.27. The summed E-state index contributed by atoms with van der Waals surface area (Å²) in [5.74, 6) is 0. The van der Waals surface area contributed by atoms with Gasteiger partial charge in [-0.1, -0.05) is 6.07 Å². The van der Waals surface area contributed by atoms with Gasteiger partial charge in [0.1, 0.15) is 0 Å². The average Bonchev–Trinajstić information content (AvgIpc) is 2.29. The van der Waals surface area contributed by atoms with Crippen molar-refractivity contribution in [3.63, 3.8) is 0 Å². The molecule has 2 N–H and O–H groups in total. The minimum Gasteiger partial charge on any atom is -0.382 e. The third-order valence-corrected chi connectivity index (χ3v) is 4.27. The van der Waals surface area contributed by atoms with Gasteiger partial charge in [-0.15, -0.1) is 0 Å². The van der Waals surface area contributed by atoms with Crippen molar-refractivity contribution in [1.29, 1.82) is 0 Å². The summed E-state index contributed by atoms with van der Waals surface area (Å²) in [6.07, 6.45) is 2.38. The number of anilines is 1. The van der Waals surface area contributed by atoms with E-state index in [0.717, 1.165) is 6.54 Å². The van der Waals surface area contributed by atoms with Crippen LogP contribution in [0.5, 0.6) is 0 Å². The van der Waals surface area contributed by atoms with Crippen LogP contribution in [0.3, 0.4) is 0 Å². The predicted molar refractivity (Wildman–Crippen MR) is 79.4 cm³/mol. The molecule has 0 radical (unpaired) electrons. The Morgan fingerprint density at radius 3 is 2.56 bits per heavy atom. The molecule has 0 bridgehead atoms. The van der Waals surface area contributed by atoms with E-state index < -0.39 is 0 Å². The van der Waals surface area contributed by atoms with Crippen LogP contribution in [0.25, 0.3) is 0 Å². The van der Waals surface area contributed by atoms with Crippen LogP contribution < -0.4 is 10.6 Å². The molecule has 1 heterocycles. The summed E-state index contributed by atoms with van der Waals surface area (Å²) in [5.41, 5.74) is 5.74. The Balaban J connectivity index is 2.12. The lowest BCUT2D eigenvalue weighted by Crippen LogP contribution is -2.50. The van der Waals surface area contributed by atoms with E-state index in [2.05, 4.69) is 57.4 Å². The molecule has 0 amide bonds. The van der Waals surface area contributed by atoms with Crippen LogP contribution in [-0.4, -0.2) is 18.1 Å². The van der Waals surface area contributed by atoms with Gasteiger partial charge in [0.05, 0.1) is 0 Å². The summed E-state index contributed by atoms with van der Waals surface area (Å²) in [5, 5.41) is 7.30. The molecule has 100 valence electrons. The van der Waals surface area contributed by atoms with Crippen molar-refractivity contribution in [3.8, 4) is 0 Å². The molecule has 18 heavy (non-hydrogen) atoms. The Hall–Kier alpha value is -1.02. The summed E-state index contributed by atoms with van der Waals surface area (Å²) < 4.78 is 0. The molecule has 0 aliphatic carbocycles. The molecule has 1 aliphatic heterocycles. The molecule has 1 fully saturated rings. The Kier molecular flexibility index (Phi) is 3.67. The second-order valence-electron chi connectivity index (χ2n) is 6.32. The standard InChI is InChI=1S/C16H26N2/c1-11-6-7-15(13(3)12(11)2)18-14-8-9-17-16(4,5)10-14/h6-7,14,17-18H,8-10H2,1-5H3. The fraction of sp³-hybridized carbons (Fsp3) is 0.625. The van der Waals surface area contributed by atoms with Gasteiger partial charge in [-0.3, -0.25) is 0 Å². The van der Waals surface area contributed by atoms with Gasteiger partial charge in [-0.2, -0.15) is 0 Å². The minimum absolute atomic E-state index is 0.254. The van der Waals surface area contributed by atoms with E-state index in [-0.39, 0.29) is 5.54 Å². The largest absolute Gasteiger partial charge is 0.382 e. The number of nitrogens with one attached hydrogen (secondary N) is 2. The highest BCUT2D eigenvalue weighted by Crippen LogP contribution is 2.26. The van der Waals surface area contributed by atoms with Crippen molar-refractivity contribution in [2.45, 2.75) is 59.0 Å². The molecule has 1 aromatic carbocycles. The summed E-state index contributed by atoms with van der Waals surface area (Å²) in [6, 6.07) is 5.03. The number of hydrogen-bond donors (Lipinski definition) is 2. The molecular weight excluding hydrogens is 220 g/mol. The van der Waals surface area contributed by atoms with Crippen LogP contribution in [0.4, 0.5) is 5.69 Å². The summed E-state index contributed by atoms with van der Waals surface area (Å²) >= 11 is 0. The van der Waals surface area contributed by atoms with Crippen LogP contribution in [0.2, 0.25) is 0 Å². The first-order valence-electron chi connectivity index (χ1n) is 6.97. The Labute approximate surface area is 111 Å². The third-order valence-electron chi connectivity index (χ3n) is 4.27. The normalized spacial score (nSPS) is 22.8. The van der Waals surface area contributed by atoms with Gasteiger partial charge >= 0.3 is 0 Å². The highest BCUT2D eigenvalue weighted by molar-refractivity contribution is 5.56. The van der Waals surface area contributed by atoms with Crippen molar-refractivity contribution in [3.05, 3.63) is 28.8 Å². The number of piperidine rings is 1. The minimum atomic E-state index is 0.254. The molecule has 0 aromatic heterocycles. The molecule has 2 rings (SSSR count). The number of rotatable bonds is 2. The van der Waals surface area contributed by atoms with E-state index in [4.69, 9.17) is 0 Å². The third kappa shape index (κ3) is 2.86. The van der Waals surface area contributed by atoms with Gasteiger partial charge in [-0.05, 0) is 76.8 Å². The first-order valence-corrected chi connectivity index (χ1v) is 6.97. The zero-order valence-electron chi connectivity index (χ0n) is 12.4. The van der Waals surface area contributed by atoms with Crippen molar-refractivity contribution in [2.24, 2.45) is 0 Å². The van der Waals surface area contributed by atoms with E-state index >= 15 is 0 Å². The van der Waals surface area contributed by atoms with E-state index in [0.29, 0.717) is 6.04 Å². The lowest BCUT2D eigenvalue weighted by atomic mass is 9.89. The molecule has 1 aromatic rings. The van der Waals surface area contributed by atoms with E-state index in [1.165, 1.54) is 35.2 Å². The number of benzene rings is 1. The van der Waals surface area contributed by atoms with Gasteiger partial charge in [0, 0.05) is 17.3 Å². The molecule has 0 spiro atoms. The smallest absolute Gasteiger partial charge is 0.0374 e. The van der Waals surface area contributed by atoms with Gasteiger partial charge in [0.2, 0.25) is 0 Å². The maximum absolute atomic E-state index is 3.73. The van der Waals surface area contributed by atoms with E-state index in [1.54, 1.807) is 0 Å². The Morgan fingerprint density at radius 2 is 1.89 bits per heavy atom. The van der Waals surface area contributed by atoms with E-state index in [1.807, 2.05) is 0 Å². The van der Waals surface area contributed by atoms with Gasteiger partial charge in [0.15, 0.2) is 0 Å². The van der Waals surface area contributed by atoms with Crippen LogP contribution in [0.1, 0.15) is 43.4 Å². The zero-order valence-corrected chi connectivity index (χ0v) is 12.4. The maximum Gasteiger partial charge on any atom is 0.0374 e. The Morgan fingerprint density at radius 1 is 1.17 bits per heavy atom. The summed E-state index contributed by atoms with van der Waals surface area (Å²) in [7, 11) is 0. The lowest BCUT2D eigenvalue weighted by Gasteiger charge is -2.37. The monoisotopic (exact) mass is 246 g/mol. The van der Waals surface area contributed by atoms with Crippen molar-refractivity contribution >= 4 is 5.69 Å². The first kappa shape index (κ1) is 13.4. The van der Waals surface area contributed by atoms with Crippen molar-refractivity contribution in [2.75, 3.05) is 11.9 Å². The molecule has 2 heteroatoms. The molecule has 2 nitrogen and oxygen atoms in total.